The van der Waals surface area contributed by atoms with E-state index in [1.54, 1.807) is 0 Å². The zero-order valence-electron chi connectivity index (χ0n) is 15.6. The number of fused-ring (bicyclic) bond motifs is 3. The summed E-state index contributed by atoms with van der Waals surface area (Å²) in [4.78, 5) is 19.5. The molecule has 28 heavy (non-hydrogen) atoms. The maximum atomic E-state index is 13.3. The van der Waals surface area contributed by atoms with Crippen molar-refractivity contribution in [3.63, 3.8) is 0 Å². The largest absolute Gasteiger partial charge is 0.328 e. The van der Waals surface area contributed by atoms with Crippen molar-refractivity contribution in [2.75, 3.05) is 0 Å². The molecule has 140 valence electrons. The number of rotatable bonds is 3. The first-order valence-electron chi connectivity index (χ1n) is 9.82. The number of allylic oxidation sites excluding steroid dienone is 1. The van der Waals surface area contributed by atoms with E-state index in [0.29, 0.717) is 11.7 Å². The highest BCUT2D eigenvalue weighted by molar-refractivity contribution is 6.29. The van der Waals surface area contributed by atoms with Crippen molar-refractivity contribution in [1.29, 1.82) is 0 Å². The second-order valence-electron chi connectivity index (χ2n) is 7.63. The molecule has 0 saturated carbocycles. The van der Waals surface area contributed by atoms with Gasteiger partial charge in [0.1, 0.15) is 5.15 Å². The molecule has 3 nitrogen and oxygen atoms in total. The highest BCUT2D eigenvalue weighted by Crippen LogP contribution is 2.36. The Morgan fingerprint density at radius 1 is 1.14 bits per heavy atom. The third kappa shape index (κ3) is 3.00. The normalized spacial score (nSPS) is 18.7. The van der Waals surface area contributed by atoms with Gasteiger partial charge in [-0.2, -0.15) is 0 Å². The molecule has 1 unspecified atom stereocenters. The zero-order valence-corrected chi connectivity index (χ0v) is 16.3. The highest BCUT2D eigenvalue weighted by atomic mass is 35.5. The Bertz CT molecular complexity index is 1090. The summed E-state index contributed by atoms with van der Waals surface area (Å²) in [5, 5.41) is 2.89. The van der Waals surface area contributed by atoms with Crippen LogP contribution < -0.4 is 0 Å². The van der Waals surface area contributed by atoms with E-state index in [0.717, 1.165) is 47.9 Å². The van der Waals surface area contributed by atoms with Crippen LogP contribution in [-0.4, -0.2) is 21.8 Å². The number of carbonyl (C=O) groups excluding carboxylic acids is 1. The molecule has 0 spiro atoms. The summed E-state index contributed by atoms with van der Waals surface area (Å²) in [7, 11) is 0. The third-order valence-electron chi connectivity index (χ3n) is 5.87. The first-order valence-corrected chi connectivity index (χ1v) is 10.2. The minimum Gasteiger partial charge on any atom is -0.328 e. The molecule has 0 N–H and O–H groups in total. The van der Waals surface area contributed by atoms with Crippen molar-refractivity contribution in [3.8, 4) is 0 Å². The van der Waals surface area contributed by atoms with Crippen molar-refractivity contribution in [3.05, 3.63) is 88.2 Å². The Morgan fingerprint density at radius 2 is 2.00 bits per heavy atom. The number of aromatic nitrogens is 1. The molecule has 1 aliphatic heterocycles. The maximum Gasteiger partial charge on any atom is 0.255 e. The van der Waals surface area contributed by atoms with Gasteiger partial charge in [0.05, 0.1) is 6.04 Å². The topological polar surface area (TPSA) is 33.2 Å². The van der Waals surface area contributed by atoms with Gasteiger partial charge < -0.3 is 4.90 Å². The SMILES string of the molecule is O=C1c2cc(Cc3ccc(Cl)nc3)c3ccccc3c2CN1C1C=CCCC1. The average Bonchev–Trinajstić information content (AvgIpc) is 3.07. The fraction of sp³-hybridized carbons (Fsp3) is 0.250. The number of carbonyl (C=O) groups is 1. The lowest BCUT2D eigenvalue weighted by Gasteiger charge is -2.27. The number of benzene rings is 2. The molecule has 1 amide bonds. The van der Waals surface area contributed by atoms with Crippen LogP contribution in [0.15, 0.2) is 60.8 Å². The Balaban J connectivity index is 1.58. The fourth-order valence-corrected chi connectivity index (χ4v) is 4.58. The van der Waals surface area contributed by atoms with Crippen molar-refractivity contribution >= 4 is 28.3 Å². The second kappa shape index (κ2) is 7.06. The number of nitrogens with zero attached hydrogens (tertiary/aromatic N) is 2. The van der Waals surface area contributed by atoms with E-state index < -0.39 is 0 Å². The molecule has 2 heterocycles. The van der Waals surface area contributed by atoms with Crippen molar-refractivity contribution in [1.82, 2.24) is 9.88 Å². The van der Waals surface area contributed by atoms with E-state index in [9.17, 15) is 4.79 Å². The molecular weight excluding hydrogens is 368 g/mol. The number of halogens is 1. The molecule has 1 aliphatic carbocycles. The zero-order chi connectivity index (χ0) is 19.1. The van der Waals surface area contributed by atoms with Crippen molar-refractivity contribution in [2.45, 2.75) is 38.3 Å². The lowest BCUT2D eigenvalue weighted by atomic mass is 9.93. The molecule has 5 rings (SSSR count). The van der Waals surface area contributed by atoms with Crippen molar-refractivity contribution < 1.29 is 4.79 Å². The summed E-state index contributed by atoms with van der Waals surface area (Å²) in [5.74, 6) is 0.160. The summed E-state index contributed by atoms with van der Waals surface area (Å²) >= 11 is 5.93. The summed E-state index contributed by atoms with van der Waals surface area (Å²) < 4.78 is 0. The molecule has 3 aromatic rings. The molecule has 0 saturated heterocycles. The summed E-state index contributed by atoms with van der Waals surface area (Å²) in [6.07, 6.45) is 10.3. The van der Waals surface area contributed by atoms with Gasteiger partial charge in [-0.1, -0.05) is 54.1 Å². The van der Waals surface area contributed by atoms with Crippen LogP contribution >= 0.6 is 11.6 Å². The molecule has 0 radical (unpaired) electrons. The molecule has 2 aliphatic rings. The number of amides is 1. The molecular formula is C24H21ClN2O. The first kappa shape index (κ1) is 17.4. The number of pyridine rings is 1. The van der Waals surface area contributed by atoms with Crippen LogP contribution in [0.5, 0.6) is 0 Å². The summed E-state index contributed by atoms with van der Waals surface area (Å²) in [6, 6.07) is 14.6. The fourth-order valence-electron chi connectivity index (χ4n) is 4.47. The van der Waals surface area contributed by atoms with Gasteiger partial charge in [0.2, 0.25) is 0 Å². The van der Waals surface area contributed by atoms with E-state index in [1.807, 2.05) is 23.2 Å². The molecule has 0 fully saturated rings. The van der Waals surface area contributed by atoms with Crippen LogP contribution in [0.1, 0.15) is 46.3 Å². The smallest absolute Gasteiger partial charge is 0.255 e. The van der Waals surface area contributed by atoms with Crippen LogP contribution in [0.4, 0.5) is 0 Å². The van der Waals surface area contributed by atoms with Gasteiger partial charge in [0, 0.05) is 18.3 Å². The monoisotopic (exact) mass is 388 g/mol. The van der Waals surface area contributed by atoms with E-state index in [-0.39, 0.29) is 11.9 Å². The quantitative estimate of drug-likeness (QED) is 0.435. The summed E-state index contributed by atoms with van der Waals surface area (Å²) in [5.41, 5.74) is 4.27. The standard InChI is InChI=1S/C24H21ClN2O/c25-23-11-10-16(14-26-23)12-17-13-21-22(20-9-5-4-8-19(17)20)15-27(24(21)28)18-6-2-1-3-7-18/h2,4-6,8-11,13-14,18H,1,3,7,12,15H2. The van der Waals surface area contributed by atoms with Gasteiger partial charge in [0.15, 0.2) is 0 Å². The predicted molar refractivity (Wildman–Crippen MR) is 113 cm³/mol. The average molecular weight is 389 g/mol. The summed E-state index contributed by atoms with van der Waals surface area (Å²) in [6.45, 7) is 0.701. The molecule has 1 atom stereocenters. The third-order valence-corrected chi connectivity index (χ3v) is 6.10. The second-order valence-corrected chi connectivity index (χ2v) is 8.02. The maximum absolute atomic E-state index is 13.3. The van der Waals surface area contributed by atoms with Crippen LogP contribution in [-0.2, 0) is 13.0 Å². The van der Waals surface area contributed by atoms with Gasteiger partial charge in [-0.05, 0) is 65.3 Å². The van der Waals surface area contributed by atoms with Gasteiger partial charge in [-0.3, -0.25) is 4.79 Å². The number of hydrogen-bond acceptors (Lipinski definition) is 2. The van der Waals surface area contributed by atoms with Crippen LogP contribution in [0.2, 0.25) is 5.15 Å². The van der Waals surface area contributed by atoms with E-state index in [2.05, 4.69) is 47.5 Å². The molecule has 4 heteroatoms. The lowest BCUT2D eigenvalue weighted by molar-refractivity contribution is 0.0726. The molecule has 0 bridgehead atoms. The highest BCUT2D eigenvalue weighted by Gasteiger charge is 2.33. The minimum absolute atomic E-state index is 0.160. The Hall–Kier alpha value is -2.65. The molecule has 1 aromatic heterocycles. The Labute approximate surface area is 169 Å². The van der Waals surface area contributed by atoms with E-state index >= 15 is 0 Å². The van der Waals surface area contributed by atoms with Gasteiger partial charge in [-0.15, -0.1) is 0 Å². The Kier molecular flexibility index (Phi) is 4.40. The van der Waals surface area contributed by atoms with Gasteiger partial charge in [-0.25, -0.2) is 4.98 Å². The minimum atomic E-state index is 0.160. The Morgan fingerprint density at radius 3 is 2.75 bits per heavy atom. The van der Waals surface area contributed by atoms with E-state index in [1.165, 1.54) is 10.8 Å². The number of hydrogen-bond donors (Lipinski definition) is 0. The lowest BCUT2D eigenvalue weighted by Crippen LogP contribution is -2.34. The van der Waals surface area contributed by atoms with Crippen LogP contribution in [0.3, 0.4) is 0 Å². The van der Waals surface area contributed by atoms with Crippen LogP contribution in [0, 0.1) is 0 Å². The first-order chi connectivity index (χ1) is 13.7. The van der Waals surface area contributed by atoms with Crippen LogP contribution in [0.25, 0.3) is 10.8 Å². The van der Waals surface area contributed by atoms with Gasteiger partial charge >= 0.3 is 0 Å². The van der Waals surface area contributed by atoms with E-state index in [4.69, 9.17) is 11.6 Å². The molecule has 2 aromatic carbocycles. The van der Waals surface area contributed by atoms with Crippen molar-refractivity contribution in [2.24, 2.45) is 0 Å². The van der Waals surface area contributed by atoms with Gasteiger partial charge in [0.25, 0.3) is 5.91 Å². The predicted octanol–water partition coefficient (Wildman–Crippen LogP) is 5.54.